The van der Waals surface area contributed by atoms with E-state index in [4.69, 9.17) is 16.3 Å². The molecule has 0 heterocycles. The fourth-order valence-corrected chi connectivity index (χ4v) is 1.89. The van der Waals surface area contributed by atoms with Crippen molar-refractivity contribution < 1.29 is 14.6 Å². The van der Waals surface area contributed by atoms with Gasteiger partial charge in [0, 0.05) is 22.2 Å². The highest BCUT2D eigenvalue weighted by atomic mass is 35.5. The summed E-state index contributed by atoms with van der Waals surface area (Å²) in [5, 5.41) is 10.5. The third kappa shape index (κ3) is 3.71. The Morgan fingerprint density at radius 3 is 2.45 bits per heavy atom. The SMILES string of the molecule is C=C(NNC(=O)c1ccc(Cl)cc1)c1ccc(OC)cc1O. The molecule has 0 atom stereocenters. The van der Waals surface area contributed by atoms with E-state index in [0.717, 1.165) is 0 Å². The maximum atomic E-state index is 11.9. The number of nitrogens with one attached hydrogen (secondary N) is 2. The number of aromatic hydroxyl groups is 1. The molecule has 0 fully saturated rings. The molecule has 0 aliphatic rings. The molecule has 2 aromatic carbocycles. The van der Waals surface area contributed by atoms with Gasteiger partial charge >= 0.3 is 0 Å². The summed E-state index contributed by atoms with van der Waals surface area (Å²) >= 11 is 5.77. The zero-order valence-electron chi connectivity index (χ0n) is 11.9. The average molecular weight is 319 g/mol. The van der Waals surface area contributed by atoms with Crippen molar-refractivity contribution in [2.24, 2.45) is 0 Å². The van der Waals surface area contributed by atoms with E-state index in [1.807, 2.05) is 0 Å². The number of rotatable bonds is 5. The number of benzene rings is 2. The van der Waals surface area contributed by atoms with Crippen molar-refractivity contribution in [3.05, 3.63) is 65.2 Å². The van der Waals surface area contributed by atoms with Crippen LogP contribution in [0.5, 0.6) is 11.5 Å². The van der Waals surface area contributed by atoms with E-state index in [1.54, 1.807) is 36.4 Å². The Morgan fingerprint density at radius 2 is 1.86 bits per heavy atom. The number of hydrogen-bond donors (Lipinski definition) is 3. The van der Waals surface area contributed by atoms with Crippen LogP contribution in [0.25, 0.3) is 5.70 Å². The van der Waals surface area contributed by atoms with Gasteiger partial charge in [-0.2, -0.15) is 0 Å². The molecular formula is C16H15ClN2O3. The van der Waals surface area contributed by atoms with Gasteiger partial charge in [0.2, 0.25) is 0 Å². The monoisotopic (exact) mass is 318 g/mol. The first-order chi connectivity index (χ1) is 10.5. The van der Waals surface area contributed by atoms with E-state index in [0.29, 0.717) is 27.6 Å². The second kappa shape index (κ2) is 6.87. The van der Waals surface area contributed by atoms with Gasteiger partial charge in [0.05, 0.1) is 12.8 Å². The second-order valence-corrected chi connectivity index (χ2v) is 4.88. The molecule has 1 amide bonds. The molecule has 3 N–H and O–H groups in total. The Balaban J connectivity index is 2.00. The van der Waals surface area contributed by atoms with Crippen LogP contribution in [0.1, 0.15) is 15.9 Å². The number of halogens is 1. The fraction of sp³-hybridized carbons (Fsp3) is 0.0625. The number of methoxy groups -OCH3 is 1. The lowest BCUT2D eigenvalue weighted by atomic mass is 10.1. The standard InChI is InChI=1S/C16H15ClN2O3/c1-10(14-8-7-13(22-2)9-15(14)20)18-19-16(21)11-3-5-12(17)6-4-11/h3-9,18,20H,1H2,2H3,(H,19,21). The van der Waals surface area contributed by atoms with Crippen molar-refractivity contribution >= 4 is 23.2 Å². The average Bonchev–Trinajstić information content (AvgIpc) is 2.52. The Morgan fingerprint density at radius 1 is 1.18 bits per heavy atom. The molecule has 5 nitrogen and oxygen atoms in total. The summed E-state index contributed by atoms with van der Waals surface area (Å²) in [5.41, 5.74) is 6.41. The van der Waals surface area contributed by atoms with Crippen molar-refractivity contribution in [2.45, 2.75) is 0 Å². The minimum absolute atomic E-state index is 0.00223. The number of carbonyl (C=O) groups is 1. The van der Waals surface area contributed by atoms with Crippen LogP contribution in [0.15, 0.2) is 49.0 Å². The van der Waals surface area contributed by atoms with Gasteiger partial charge in [0.1, 0.15) is 11.5 Å². The molecule has 0 aliphatic heterocycles. The van der Waals surface area contributed by atoms with E-state index in [2.05, 4.69) is 17.4 Å². The minimum atomic E-state index is -0.342. The summed E-state index contributed by atoms with van der Waals surface area (Å²) in [6.45, 7) is 3.77. The van der Waals surface area contributed by atoms with Crippen LogP contribution in [0, 0.1) is 0 Å². The van der Waals surface area contributed by atoms with Crippen LogP contribution in [0.4, 0.5) is 0 Å². The lowest BCUT2D eigenvalue weighted by Crippen LogP contribution is -2.35. The molecule has 0 unspecified atom stereocenters. The normalized spacial score (nSPS) is 9.91. The van der Waals surface area contributed by atoms with E-state index >= 15 is 0 Å². The van der Waals surface area contributed by atoms with Gasteiger partial charge in [-0.25, -0.2) is 0 Å². The molecule has 0 aliphatic carbocycles. The number of hydrazine groups is 1. The molecule has 0 bridgehead atoms. The van der Waals surface area contributed by atoms with Crippen LogP contribution >= 0.6 is 11.6 Å². The van der Waals surface area contributed by atoms with E-state index < -0.39 is 0 Å². The molecule has 0 spiro atoms. The first-order valence-electron chi connectivity index (χ1n) is 6.39. The molecular weight excluding hydrogens is 304 g/mol. The first-order valence-corrected chi connectivity index (χ1v) is 6.77. The number of phenols is 1. The third-order valence-corrected chi connectivity index (χ3v) is 3.22. The van der Waals surface area contributed by atoms with Crippen molar-refractivity contribution in [3.8, 4) is 11.5 Å². The topological polar surface area (TPSA) is 70.6 Å². The van der Waals surface area contributed by atoms with Gasteiger partial charge in [-0.1, -0.05) is 18.2 Å². The Kier molecular flexibility index (Phi) is 4.91. The molecule has 22 heavy (non-hydrogen) atoms. The molecule has 6 heteroatoms. The number of hydrogen-bond acceptors (Lipinski definition) is 4. The fourth-order valence-electron chi connectivity index (χ4n) is 1.77. The smallest absolute Gasteiger partial charge is 0.269 e. The van der Waals surface area contributed by atoms with E-state index in [9.17, 15) is 9.90 Å². The lowest BCUT2D eigenvalue weighted by molar-refractivity contribution is 0.0942. The molecule has 114 valence electrons. The molecule has 0 saturated carbocycles. The summed E-state index contributed by atoms with van der Waals surface area (Å²) in [7, 11) is 1.51. The van der Waals surface area contributed by atoms with Crippen LogP contribution < -0.4 is 15.6 Å². The zero-order chi connectivity index (χ0) is 16.1. The molecule has 0 aromatic heterocycles. The molecule has 0 saturated heterocycles. The van der Waals surface area contributed by atoms with Gasteiger partial charge in [-0.15, -0.1) is 0 Å². The molecule has 2 aromatic rings. The van der Waals surface area contributed by atoms with Crippen LogP contribution in [-0.4, -0.2) is 18.1 Å². The second-order valence-electron chi connectivity index (χ2n) is 4.45. The van der Waals surface area contributed by atoms with Crippen molar-refractivity contribution in [3.63, 3.8) is 0 Å². The van der Waals surface area contributed by atoms with Gasteiger partial charge in [0.25, 0.3) is 5.91 Å². The van der Waals surface area contributed by atoms with Gasteiger partial charge in [-0.3, -0.25) is 15.6 Å². The third-order valence-electron chi connectivity index (χ3n) is 2.96. The summed E-state index contributed by atoms with van der Waals surface area (Å²) in [6, 6.07) is 11.2. The maximum Gasteiger partial charge on any atom is 0.269 e. The zero-order valence-corrected chi connectivity index (χ0v) is 12.6. The summed E-state index contributed by atoms with van der Waals surface area (Å²) in [6.07, 6.45) is 0. The predicted octanol–water partition coefficient (Wildman–Crippen LogP) is 2.96. The summed E-state index contributed by atoms with van der Waals surface area (Å²) in [5.74, 6) is 0.183. The molecule has 2 rings (SSSR count). The Bertz CT molecular complexity index is 699. The quantitative estimate of drug-likeness (QED) is 0.741. The number of amides is 1. The predicted molar refractivity (Wildman–Crippen MR) is 85.7 cm³/mol. The van der Waals surface area contributed by atoms with Gasteiger partial charge in [0.15, 0.2) is 0 Å². The van der Waals surface area contributed by atoms with Gasteiger partial charge in [-0.05, 0) is 36.4 Å². The van der Waals surface area contributed by atoms with E-state index in [1.165, 1.54) is 13.2 Å². The Hall–Kier alpha value is -2.66. The highest BCUT2D eigenvalue weighted by Gasteiger charge is 2.09. The number of carbonyl (C=O) groups excluding carboxylic acids is 1. The highest BCUT2D eigenvalue weighted by Crippen LogP contribution is 2.26. The van der Waals surface area contributed by atoms with E-state index in [-0.39, 0.29) is 11.7 Å². The van der Waals surface area contributed by atoms with Crippen LogP contribution in [-0.2, 0) is 0 Å². The highest BCUT2D eigenvalue weighted by molar-refractivity contribution is 6.30. The first kappa shape index (κ1) is 15.7. The Labute approximate surface area is 133 Å². The summed E-state index contributed by atoms with van der Waals surface area (Å²) in [4.78, 5) is 11.9. The van der Waals surface area contributed by atoms with Gasteiger partial charge < -0.3 is 9.84 Å². The maximum absolute atomic E-state index is 11.9. The summed E-state index contributed by atoms with van der Waals surface area (Å²) < 4.78 is 5.00. The number of ether oxygens (including phenoxy) is 1. The van der Waals surface area contributed by atoms with Crippen molar-refractivity contribution in [1.82, 2.24) is 10.9 Å². The largest absolute Gasteiger partial charge is 0.507 e. The molecule has 0 radical (unpaired) electrons. The van der Waals surface area contributed by atoms with Crippen LogP contribution in [0.3, 0.4) is 0 Å². The minimum Gasteiger partial charge on any atom is -0.507 e. The lowest BCUT2D eigenvalue weighted by Gasteiger charge is -2.13. The van der Waals surface area contributed by atoms with Crippen molar-refractivity contribution in [2.75, 3.05) is 7.11 Å². The van der Waals surface area contributed by atoms with Crippen molar-refractivity contribution in [1.29, 1.82) is 0 Å². The van der Waals surface area contributed by atoms with Crippen LogP contribution in [0.2, 0.25) is 5.02 Å². The number of phenolic OH excluding ortho intramolecular Hbond substituents is 1.